The second-order valence-corrected chi connectivity index (χ2v) is 10.7. The van der Waals surface area contributed by atoms with Crippen LogP contribution < -0.4 is 15.5 Å². The summed E-state index contributed by atoms with van der Waals surface area (Å²) in [5.74, 6) is 0.364. The van der Waals surface area contributed by atoms with Crippen molar-refractivity contribution in [3.05, 3.63) is 95.1 Å². The summed E-state index contributed by atoms with van der Waals surface area (Å²) in [7, 11) is 0. The average Bonchev–Trinajstić information content (AvgIpc) is 2.93. The molecule has 2 amide bonds. The zero-order valence-electron chi connectivity index (χ0n) is 23.0. The number of aryl methyl sites for hydroxylation is 1. The van der Waals surface area contributed by atoms with Crippen LogP contribution in [0.1, 0.15) is 78.3 Å². The standard InChI is InChI=1S/C33H41N3O2/c1-4-5-9-25-12-14-28(15-13-25)32(37)35-29-16-17-31(30(23-29)33(38)34-24(2)3)36-20-18-27(19-21-36)22-26-10-7-6-8-11-26/h6-8,10-17,23-24,27H,4-5,9,18-22H2,1-3H3,(H,34,38)(H,35,37). The number of piperidine rings is 1. The highest BCUT2D eigenvalue weighted by atomic mass is 16.2. The van der Waals surface area contributed by atoms with Gasteiger partial charge in [0.1, 0.15) is 0 Å². The van der Waals surface area contributed by atoms with E-state index in [1.54, 1.807) is 0 Å². The molecule has 1 saturated heterocycles. The summed E-state index contributed by atoms with van der Waals surface area (Å²) in [4.78, 5) is 28.5. The van der Waals surface area contributed by atoms with Gasteiger partial charge in [0.15, 0.2) is 0 Å². The van der Waals surface area contributed by atoms with Gasteiger partial charge in [-0.3, -0.25) is 9.59 Å². The third kappa shape index (κ3) is 7.47. The number of hydrogen-bond donors (Lipinski definition) is 2. The Morgan fingerprint density at radius 3 is 2.26 bits per heavy atom. The highest BCUT2D eigenvalue weighted by Crippen LogP contribution is 2.30. The topological polar surface area (TPSA) is 61.4 Å². The van der Waals surface area contributed by atoms with E-state index in [1.165, 1.54) is 11.1 Å². The average molecular weight is 512 g/mol. The van der Waals surface area contributed by atoms with Crippen LogP contribution in [-0.4, -0.2) is 30.9 Å². The lowest BCUT2D eigenvalue weighted by atomic mass is 9.89. The zero-order chi connectivity index (χ0) is 26.9. The number of unbranched alkanes of at least 4 members (excludes halogenated alkanes) is 1. The van der Waals surface area contributed by atoms with Gasteiger partial charge in [-0.1, -0.05) is 55.8 Å². The number of carbonyl (C=O) groups excluding carboxylic acids is 2. The van der Waals surface area contributed by atoms with Crippen molar-refractivity contribution in [1.29, 1.82) is 0 Å². The van der Waals surface area contributed by atoms with E-state index in [0.717, 1.165) is 57.3 Å². The maximum absolute atomic E-state index is 13.2. The normalized spacial score (nSPS) is 13.9. The van der Waals surface area contributed by atoms with Crippen LogP contribution in [0.25, 0.3) is 0 Å². The van der Waals surface area contributed by atoms with Crippen molar-refractivity contribution < 1.29 is 9.59 Å². The van der Waals surface area contributed by atoms with E-state index >= 15 is 0 Å². The first-order valence-electron chi connectivity index (χ1n) is 14.1. The third-order valence-corrected chi connectivity index (χ3v) is 7.28. The van der Waals surface area contributed by atoms with E-state index in [1.807, 2.05) is 56.3 Å². The van der Waals surface area contributed by atoms with E-state index in [0.29, 0.717) is 22.7 Å². The van der Waals surface area contributed by atoms with Crippen LogP contribution >= 0.6 is 0 Å². The molecule has 0 unspecified atom stereocenters. The SMILES string of the molecule is CCCCc1ccc(C(=O)Nc2ccc(N3CCC(Cc4ccccc4)CC3)c(C(=O)NC(C)C)c2)cc1. The van der Waals surface area contributed by atoms with Crippen molar-refractivity contribution in [3.63, 3.8) is 0 Å². The summed E-state index contributed by atoms with van der Waals surface area (Å²) in [6, 6.07) is 24.2. The van der Waals surface area contributed by atoms with Gasteiger partial charge >= 0.3 is 0 Å². The fourth-order valence-electron chi connectivity index (χ4n) is 5.14. The monoisotopic (exact) mass is 511 g/mol. The Balaban J connectivity index is 1.46. The Morgan fingerprint density at radius 2 is 1.61 bits per heavy atom. The second-order valence-electron chi connectivity index (χ2n) is 10.7. The highest BCUT2D eigenvalue weighted by Gasteiger charge is 2.24. The van der Waals surface area contributed by atoms with E-state index in [4.69, 9.17) is 0 Å². The third-order valence-electron chi connectivity index (χ3n) is 7.28. The van der Waals surface area contributed by atoms with Crippen molar-refractivity contribution >= 4 is 23.2 Å². The Morgan fingerprint density at radius 1 is 0.895 bits per heavy atom. The molecule has 1 aliphatic rings. The van der Waals surface area contributed by atoms with Gasteiger partial charge in [0.25, 0.3) is 11.8 Å². The lowest BCUT2D eigenvalue weighted by Gasteiger charge is -2.35. The molecule has 0 aromatic heterocycles. The van der Waals surface area contributed by atoms with E-state index in [-0.39, 0.29) is 17.9 Å². The minimum Gasteiger partial charge on any atom is -0.371 e. The van der Waals surface area contributed by atoms with Crippen molar-refractivity contribution in [2.75, 3.05) is 23.3 Å². The molecular formula is C33H41N3O2. The zero-order valence-corrected chi connectivity index (χ0v) is 23.0. The van der Waals surface area contributed by atoms with Crippen LogP contribution in [0.5, 0.6) is 0 Å². The summed E-state index contributed by atoms with van der Waals surface area (Å²) in [6.07, 6.45) is 6.60. The Hall–Kier alpha value is -3.60. The molecular weight excluding hydrogens is 470 g/mol. The first-order valence-corrected chi connectivity index (χ1v) is 14.1. The number of amides is 2. The largest absolute Gasteiger partial charge is 0.371 e. The molecule has 0 atom stereocenters. The minimum absolute atomic E-state index is 0.0245. The minimum atomic E-state index is -0.170. The number of nitrogens with zero attached hydrogens (tertiary/aromatic N) is 1. The van der Waals surface area contributed by atoms with Gasteiger partial charge in [-0.25, -0.2) is 0 Å². The van der Waals surface area contributed by atoms with Crippen molar-refractivity contribution in [1.82, 2.24) is 5.32 Å². The molecule has 5 heteroatoms. The Kier molecular flexibility index (Phi) is 9.58. The summed E-state index contributed by atoms with van der Waals surface area (Å²) in [5.41, 5.74) is 5.41. The number of nitrogens with one attached hydrogen (secondary N) is 2. The predicted molar refractivity (Wildman–Crippen MR) is 157 cm³/mol. The van der Waals surface area contributed by atoms with Gasteiger partial charge in [0.05, 0.1) is 5.56 Å². The van der Waals surface area contributed by atoms with Crippen molar-refractivity contribution in [2.24, 2.45) is 5.92 Å². The van der Waals surface area contributed by atoms with Crippen LogP contribution in [0.3, 0.4) is 0 Å². The lowest BCUT2D eigenvalue weighted by molar-refractivity contribution is 0.0942. The van der Waals surface area contributed by atoms with Gasteiger partial charge in [-0.05, 0) is 93.3 Å². The molecule has 0 spiro atoms. The van der Waals surface area contributed by atoms with Gasteiger partial charge in [0, 0.05) is 36.1 Å². The van der Waals surface area contributed by atoms with E-state index in [9.17, 15) is 9.59 Å². The summed E-state index contributed by atoms with van der Waals surface area (Å²) >= 11 is 0. The van der Waals surface area contributed by atoms with Crippen LogP contribution in [0.2, 0.25) is 0 Å². The van der Waals surface area contributed by atoms with Crippen molar-refractivity contribution in [3.8, 4) is 0 Å². The number of rotatable bonds is 10. The van der Waals surface area contributed by atoms with E-state index < -0.39 is 0 Å². The number of hydrogen-bond acceptors (Lipinski definition) is 3. The quantitative estimate of drug-likeness (QED) is 0.312. The highest BCUT2D eigenvalue weighted by molar-refractivity contribution is 6.06. The molecule has 4 rings (SSSR count). The molecule has 200 valence electrons. The van der Waals surface area contributed by atoms with Gasteiger partial charge < -0.3 is 15.5 Å². The van der Waals surface area contributed by atoms with Crippen LogP contribution in [0.4, 0.5) is 11.4 Å². The van der Waals surface area contributed by atoms with E-state index in [2.05, 4.69) is 52.8 Å². The van der Waals surface area contributed by atoms with Crippen LogP contribution in [0.15, 0.2) is 72.8 Å². The summed E-state index contributed by atoms with van der Waals surface area (Å²) in [6.45, 7) is 7.92. The van der Waals surface area contributed by atoms with Gasteiger partial charge in [-0.15, -0.1) is 0 Å². The molecule has 0 saturated carbocycles. The fourth-order valence-corrected chi connectivity index (χ4v) is 5.14. The van der Waals surface area contributed by atoms with Gasteiger partial charge in [0.2, 0.25) is 0 Å². The molecule has 1 heterocycles. The molecule has 3 aromatic carbocycles. The molecule has 0 radical (unpaired) electrons. The van der Waals surface area contributed by atoms with Crippen LogP contribution in [-0.2, 0) is 12.8 Å². The first kappa shape index (κ1) is 27.4. The smallest absolute Gasteiger partial charge is 0.255 e. The summed E-state index contributed by atoms with van der Waals surface area (Å²) < 4.78 is 0. The maximum atomic E-state index is 13.2. The molecule has 2 N–H and O–H groups in total. The molecule has 1 fully saturated rings. The fraction of sp³-hybridized carbons (Fsp3) is 0.394. The second kappa shape index (κ2) is 13.3. The number of benzene rings is 3. The Labute approximate surface area is 227 Å². The molecule has 0 bridgehead atoms. The molecule has 0 aliphatic carbocycles. The molecule has 5 nitrogen and oxygen atoms in total. The first-order chi connectivity index (χ1) is 18.4. The molecule has 3 aromatic rings. The van der Waals surface area contributed by atoms with Crippen molar-refractivity contribution in [2.45, 2.75) is 65.3 Å². The summed E-state index contributed by atoms with van der Waals surface area (Å²) in [5, 5.41) is 6.03. The molecule has 1 aliphatic heterocycles. The number of anilines is 2. The molecule has 38 heavy (non-hydrogen) atoms. The predicted octanol–water partition coefficient (Wildman–Crippen LogP) is 6.88. The number of carbonyl (C=O) groups is 2. The van der Waals surface area contributed by atoms with Crippen LogP contribution in [0, 0.1) is 5.92 Å². The maximum Gasteiger partial charge on any atom is 0.255 e. The van der Waals surface area contributed by atoms with Gasteiger partial charge in [-0.2, -0.15) is 0 Å². The Bertz CT molecular complexity index is 1200. The lowest BCUT2D eigenvalue weighted by Crippen LogP contribution is -2.37.